The van der Waals surface area contributed by atoms with Crippen LogP contribution in [-0.2, 0) is 19.1 Å². The van der Waals surface area contributed by atoms with E-state index in [-0.39, 0.29) is 115 Å². The van der Waals surface area contributed by atoms with Gasteiger partial charge in [0.05, 0.1) is 11.8 Å². The first-order chi connectivity index (χ1) is 13.5. The third-order valence-electron chi connectivity index (χ3n) is 5.33. The Balaban J connectivity index is -0.00000364. The molecular formula is C23H44K2O5. The van der Waals surface area contributed by atoms with Crippen molar-refractivity contribution in [2.75, 3.05) is 0 Å². The van der Waals surface area contributed by atoms with E-state index in [0.29, 0.717) is 25.7 Å². The SMILES string of the molecule is CCCCCCCC(CC)C(=O)OC(=O)OC(=O)C(CC)CCCCCCC.[KH].[KH]. The van der Waals surface area contributed by atoms with Gasteiger partial charge in [0.25, 0.3) is 0 Å². The number of esters is 2. The van der Waals surface area contributed by atoms with Crippen LogP contribution >= 0.6 is 0 Å². The number of ether oxygens (including phenoxy) is 2. The van der Waals surface area contributed by atoms with Crippen molar-refractivity contribution >= 4 is 121 Å². The van der Waals surface area contributed by atoms with Gasteiger partial charge in [-0.3, -0.25) is 9.59 Å². The molecule has 0 saturated heterocycles. The van der Waals surface area contributed by atoms with E-state index in [1.165, 1.54) is 25.7 Å². The summed E-state index contributed by atoms with van der Waals surface area (Å²) in [5.41, 5.74) is 0. The summed E-state index contributed by atoms with van der Waals surface area (Å²) in [4.78, 5) is 36.2. The molecule has 0 fully saturated rings. The standard InChI is InChI=1S/C23H42O5.2K.2H/c1-5-9-11-13-15-17-19(7-3)21(24)27-23(26)28-22(25)20(8-4)18-16-14-12-10-6-2;;;;/h19-20H,5-18H2,1-4H3;;;;. The van der Waals surface area contributed by atoms with Crippen LogP contribution in [0.15, 0.2) is 0 Å². The van der Waals surface area contributed by atoms with Gasteiger partial charge in [-0.25, -0.2) is 4.79 Å². The molecule has 0 aliphatic carbocycles. The van der Waals surface area contributed by atoms with Gasteiger partial charge in [-0.05, 0) is 25.7 Å². The summed E-state index contributed by atoms with van der Waals surface area (Å²) in [6, 6.07) is 0. The summed E-state index contributed by atoms with van der Waals surface area (Å²) >= 11 is 0. The molecule has 0 bridgehead atoms. The first-order valence-electron chi connectivity index (χ1n) is 11.5. The van der Waals surface area contributed by atoms with E-state index in [2.05, 4.69) is 13.8 Å². The van der Waals surface area contributed by atoms with Crippen molar-refractivity contribution in [1.82, 2.24) is 0 Å². The van der Waals surface area contributed by atoms with Crippen molar-refractivity contribution in [2.24, 2.45) is 11.8 Å². The van der Waals surface area contributed by atoms with E-state index in [0.717, 1.165) is 38.5 Å². The van der Waals surface area contributed by atoms with E-state index >= 15 is 0 Å². The molecule has 0 heterocycles. The van der Waals surface area contributed by atoms with Gasteiger partial charge in [0.2, 0.25) is 0 Å². The summed E-state index contributed by atoms with van der Waals surface area (Å²) in [6.07, 6.45) is 12.6. The Bertz CT molecular complexity index is 405. The van der Waals surface area contributed by atoms with Crippen molar-refractivity contribution in [2.45, 2.75) is 118 Å². The fourth-order valence-electron chi connectivity index (χ4n) is 3.32. The molecule has 0 radical (unpaired) electrons. The maximum absolute atomic E-state index is 12.2. The number of carbonyl (C=O) groups is 3. The van der Waals surface area contributed by atoms with Crippen LogP contribution in [0.25, 0.3) is 0 Å². The Morgan fingerprint density at radius 2 is 0.900 bits per heavy atom. The van der Waals surface area contributed by atoms with Crippen LogP contribution in [0, 0.1) is 11.8 Å². The molecule has 0 rings (SSSR count). The number of carbonyl (C=O) groups excluding carboxylic acids is 3. The van der Waals surface area contributed by atoms with E-state index in [1.54, 1.807) is 0 Å². The molecular weight excluding hydrogens is 434 g/mol. The number of hydrogen-bond donors (Lipinski definition) is 0. The third kappa shape index (κ3) is 19.4. The second kappa shape index (κ2) is 25.5. The zero-order valence-corrected chi connectivity index (χ0v) is 18.6. The van der Waals surface area contributed by atoms with Gasteiger partial charge < -0.3 is 9.47 Å². The van der Waals surface area contributed by atoms with E-state index in [9.17, 15) is 14.4 Å². The second-order valence-corrected chi connectivity index (χ2v) is 7.71. The summed E-state index contributed by atoms with van der Waals surface area (Å²) in [5.74, 6) is -1.79. The van der Waals surface area contributed by atoms with Crippen LogP contribution in [0.1, 0.15) is 118 Å². The van der Waals surface area contributed by atoms with Gasteiger partial charge in [0, 0.05) is 0 Å². The molecule has 0 saturated carbocycles. The Kier molecular flexibility index (Phi) is 31.0. The predicted molar refractivity (Wildman–Crippen MR) is 126 cm³/mol. The molecule has 7 heteroatoms. The molecule has 0 spiro atoms. The number of hydrogen-bond acceptors (Lipinski definition) is 5. The summed E-state index contributed by atoms with van der Waals surface area (Å²) in [5, 5.41) is 0. The molecule has 0 aliphatic rings. The molecule has 0 amide bonds. The first kappa shape index (κ1) is 36.5. The molecule has 2 unspecified atom stereocenters. The van der Waals surface area contributed by atoms with Gasteiger partial charge in [-0.2, -0.15) is 0 Å². The molecule has 0 aromatic heterocycles. The van der Waals surface area contributed by atoms with Gasteiger partial charge in [-0.1, -0.05) is 91.9 Å². The molecule has 0 aromatic carbocycles. The van der Waals surface area contributed by atoms with Gasteiger partial charge >= 0.3 is 121 Å². The summed E-state index contributed by atoms with van der Waals surface area (Å²) in [6.45, 7) is 8.13. The van der Waals surface area contributed by atoms with Crippen LogP contribution in [0.5, 0.6) is 0 Å². The maximum atomic E-state index is 12.2. The van der Waals surface area contributed by atoms with Crippen LogP contribution in [0.2, 0.25) is 0 Å². The Morgan fingerprint density at radius 3 is 1.20 bits per heavy atom. The minimum absolute atomic E-state index is 0. The van der Waals surface area contributed by atoms with E-state index in [4.69, 9.17) is 9.47 Å². The summed E-state index contributed by atoms with van der Waals surface area (Å²) in [7, 11) is 0. The number of rotatable bonds is 16. The second-order valence-electron chi connectivity index (χ2n) is 7.71. The Morgan fingerprint density at radius 1 is 0.567 bits per heavy atom. The molecule has 0 aromatic rings. The third-order valence-corrected chi connectivity index (χ3v) is 5.33. The van der Waals surface area contributed by atoms with E-state index in [1.807, 2.05) is 13.8 Å². The minimum atomic E-state index is -1.18. The Hall–Kier alpha value is 1.88. The van der Waals surface area contributed by atoms with Crippen molar-refractivity contribution in [3.05, 3.63) is 0 Å². The average Bonchev–Trinajstić information content (AvgIpc) is 2.67. The molecule has 30 heavy (non-hydrogen) atoms. The molecule has 168 valence electrons. The van der Waals surface area contributed by atoms with Gasteiger partial charge in [-0.15, -0.1) is 0 Å². The predicted octanol–water partition coefficient (Wildman–Crippen LogP) is 5.67. The fraction of sp³-hybridized carbons (Fsp3) is 0.870. The number of unbranched alkanes of at least 4 members (excludes halogenated alkanes) is 8. The molecule has 0 aliphatic heterocycles. The molecule has 0 N–H and O–H groups in total. The molecule has 2 atom stereocenters. The van der Waals surface area contributed by atoms with Crippen LogP contribution in [0.4, 0.5) is 4.79 Å². The van der Waals surface area contributed by atoms with Crippen molar-refractivity contribution in [3.63, 3.8) is 0 Å². The van der Waals surface area contributed by atoms with Gasteiger partial charge in [0.15, 0.2) is 0 Å². The zero-order chi connectivity index (χ0) is 21.2. The average molecular weight is 479 g/mol. The monoisotopic (exact) mass is 478 g/mol. The molecule has 5 nitrogen and oxygen atoms in total. The van der Waals surface area contributed by atoms with Crippen molar-refractivity contribution in [3.8, 4) is 0 Å². The summed E-state index contributed by atoms with van der Waals surface area (Å²) < 4.78 is 9.57. The van der Waals surface area contributed by atoms with Gasteiger partial charge in [0.1, 0.15) is 0 Å². The van der Waals surface area contributed by atoms with Crippen LogP contribution in [0.3, 0.4) is 0 Å². The normalized spacial score (nSPS) is 12.1. The Labute approximate surface area is 269 Å². The van der Waals surface area contributed by atoms with Crippen molar-refractivity contribution < 1.29 is 23.9 Å². The van der Waals surface area contributed by atoms with E-state index < -0.39 is 18.1 Å². The van der Waals surface area contributed by atoms with Crippen molar-refractivity contribution in [1.29, 1.82) is 0 Å². The zero-order valence-electron chi connectivity index (χ0n) is 18.6. The topological polar surface area (TPSA) is 69.7 Å². The first-order valence-corrected chi connectivity index (χ1v) is 11.5. The van der Waals surface area contributed by atoms with Crippen LogP contribution in [-0.4, -0.2) is 121 Å². The van der Waals surface area contributed by atoms with Crippen LogP contribution < -0.4 is 0 Å². The fourth-order valence-corrected chi connectivity index (χ4v) is 3.32. The quantitative estimate of drug-likeness (QED) is 0.124.